The van der Waals surface area contributed by atoms with Gasteiger partial charge in [0, 0.05) is 16.6 Å². The number of hydrogen-bond acceptors (Lipinski definition) is 5. The predicted octanol–water partition coefficient (Wildman–Crippen LogP) is 1.47. The fourth-order valence-corrected chi connectivity index (χ4v) is 2.28. The average molecular weight is 349 g/mol. The molecule has 0 spiro atoms. The van der Waals surface area contributed by atoms with Gasteiger partial charge in [-0.1, -0.05) is 43.2 Å². The zero-order valence-corrected chi connectivity index (χ0v) is 14.2. The van der Waals surface area contributed by atoms with E-state index in [1.165, 1.54) is 0 Å². The number of carbonyl (C=O) groups is 2. The molecule has 0 saturated carbocycles. The van der Waals surface area contributed by atoms with Gasteiger partial charge in [0.2, 0.25) is 0 Å². The summed E-state index contributed by atoms with van der Waals surface area (Å²) in [5.74, 6) is -1.90. The van der Waals surface area contributed by atoms with Gasteiger partial charge in [-0.15, -0.1) is 0 Å². The summed E-state index contributed by atoms with van der Waals surface area (Å²) in [5, 5.41) is 24.9. The van der Waals surface area contributed by atoms with Gasteiger partial charge in [-0.3, -0.25) is 4.79 Å². The normalized spacial score (nSPS) is 14.3. The van der Waals surface area contributed by atoms with Crippen LogP contribution < -0.4 is 11.1 Å². The Morgan fingerprint density at radius 1 is 1.32 bits per heavy atom. The monoisotopic (exact) mass is 349 g/mol. The standard InChI is InChI=1S/C16H23N5O4/c1-9(2)7-13(16(24)25)19-15(23)14(22)12(17)8-10-3-5-11(6-4-10)20-21-18/h3-6,9,12-14,22H,7-8,17H2,1-2H3,(H,19,23)(H,24,25). The van der Waals surface area contributed by atoms with Gasteiger partial charge in [0.05, 0.1) is 0 Å². The first-order valence-electron chi connectivity index (χ1n) is 7.85. The summed E-state index contributed by atoms with van der Waals surface area (Å²) < 4.78 is 0. The molecule has 1 aromatic carbocycles. The van der Waals surface area contributed by atoms with E-state index in [1.54, 1.807) is 24.3 Å². The lowest BCUT2D eigenvalue weighted by molar-refractivity contribution is -0.144. The number of nitrogens with two attached hydrogens (primary N) is 1. The Morgan fingerprint density at radius 3 is 2.40 bits per heavy atom. The van der Waals surface area contributed by atoms with Crippen LogP contribution in [0.3, 0.4) is 0 Å². The van der Waals surface area contributed by atoms with Gasteiger partial charge in [-0.25, -0.2) is 4.79 Å². The molecule has 1 amide bonds. The third kappa shape index (κ3) is 6.80. The molecule has 0 aliphatic heterocycles. The highest BCUT2D eigenvalue weighted by atomic mass is 16.4. The van der Waals surface area contributed by atoms with Crippen LogP contribution in [0.4, 0.5) is 5.69 Å². The minimum atomic E-state index is -1.54. The molecule has 0 radical (unpaired) electrons. The van der Waals surface area contributed by atoms with Gasteiger partial charge < -0.3 is 21.3 Å². The van der Waals surface area contributed by atoms with Crippen molar-refractivity contribution in [2.75, 3.05) is 0 Å². The van der Waals surface area contributed by atoms with Crippen LogP contribution in [0, 0.1) is 5.92 Å². The number of nitrogens with one attached hydrogen (secondary N) is 1. The second-order valence-electron chi connectivity index (χ2n) is 6.20. The minimum absolute atomic E-state index is 0.0711. The van der Waals surface area contributed by atoms with Crippen molar-refractivity contribution < 1.29 is 19.8 Å². The van der Waals surface area contributed by atoms with Crippen LogP contribution in [0.5, 0.6) is 0 Å². The maximum Gasteiger partial charge on any atom is 0.326 e. The third-order valence-corrected chi connectivity index (χ3v) is 3.56. The van der Waals surface area contributed by atoms with E-state index in [0.29, 0.717) is 5.69 Å². The van der Waals surface area contributed by atoms with Gasteiger partial charge in [0.1, 0.15) is 12.1 Å². The van der Waals surface area contributed by atoms with E-state index < -0.39 is 30.1 Å². The van der Waals surface area contributed by atoms with E-state index in [0.717, 1.165) is 5.56 Å². The van der Waals surface area contributed by atoms with E-state index >= 15 is 0 Å². The largest absolute Gasteiger partial charge is 0.480 e. The molecule has 3 atom stereocenters. The van der Waals surface area contributed by atoms with Crippen molar-refractivity contribution in [3.8, 4) is 0 Å². The van der Waals surface area contributed by atoms with Gasteiger partial charge in [-0.2, -0.15) is 0 Å². The molecule has 0 heterocycles. The Balaban J connectivity index is 2.67. The number of aliphatic carboxylic acids is 1. The molecule has 0 bridgehead atoms. The summed E-state index contributed by atoms with van der Waals surface area (Å²) in [7, 11) is 0. The summed E-state index contributed by atoms with van der Waals surface area (Å²) in [6.07, 6.45) is -1.08. The molecule has 0 saturated heterocycles. The number of benzene rings is 1. The summed E-state index contributed by atoms with van der Waals surface area (Å²) >= 11 is 0. The number of carbonyl (C=O) groups excluding carboxylic acids is 1. The number of amides is 1. The number of aliphatic hydroxyl groups excluding tert-OH is 1. The minimum Gasteiger partial charge on any atom is -0.480 e. The van der Waals surface area contributed by atoms with Crippen molar-refractivity contribution in [3.63, 3.8) is 0 Å². The molecular weight excluding hydrogens is 326 g/mol. The summed E-state index contributed by atoms with van der Waals surface area (Å²) in [6.45, 7) is 3.68. The lowest BCUT2D eigenvalue weighted by atomic mass is 10.00. The summed E-state index contributed by atoms with van der Waals surface area (Å²) in [6, 6.07) is 4.56. The smallest absolute Gasteiger partial charge is 0.326 e. The first-order valence-corrected chi connectivity index (χ1v) is 7.85. The number of aliphatic hydroxyl groups is 1. The quantitative estimate of drug-likeness (QED) is 0.301. The van der Waals surface area contributed by atoms with Gasteiger partial charge in [0.25, 0.3) is 5.91 Å². The number of azide groups is 1. The molecule has 9 heteroatoms. The zero-order chi connectivity index (χ0) is 19.0. The van der Waals surface area contributed by atoms with Crippen LogP contribution in [-0.4, -0.2) is 40.3 Å². The third-order valence-electron chi connectivity index (χ3n) is 3.56. The Morgan fingerprint density at radius 2 is 1.92 bits per heavy atom. The molecule has 1 rings (SSSR count). The molecule has 1 aromatic rings. The highest BCUT2D eigenvalue weighted by Gasteiger charge is 2.28. The molecule has 0 aliphatic rings. The topological polar surface area (TPSA) is 161 Å². The van der Waals surface area contributed by atoms with Crippen LogP contribution in [0.2, 0.25) is 0 Å². The predicted molar refractivity (Wildman–Crippen MR) is 92.0 cm³/mol. The first-order chi connectivity index (χ1) is 11.7. The van der Waals surface area contributed by atoms with E-state index in [4.69, 9.17) is 16.4 Å². The van der Waals surface area contributed by atoms with Gasteiger partial charge in [-0.05, 0) is 29.9 Å². The maximum absolute atomic E-state index is 12.1. The second-order valence-corrected chi connectivity index (χ2v) is 6.20. The van der Waals surface area contributed by atoms with Gasteiger partial charge >= 0.3 is 5.97 Å². The van der Waals surface area contributed by atoms with Crippen molar-refractivity contribution in [2.45, 2.75) is 44.9 Å². The van der Waals surface area contributed by atoms with Crippen molar-refractivity contribution in [1.82, 2.24) is 5.32 Å². The molecule has 0 aromatic heterocycles. The molecule has 25 heavy (non-hydrogen) atoms. The molecular formula is C16H23N5O4. The van der Waals surface area contributed by atoms with E-state index in [9.17, 15) is 14.7 Å². The van der Waals surface area contributed by atoms with E-state index in [-0.39, 0.29) is 18.8 Å². The number of hydrogen-bond donors (Lipinski definition) is 4. The van der Waals surface area contributed by atoms with Gasteiger partial charge in [0.15, 0.2) is 0 Å². The molecule has 136 valence electrons. The lowest BCUT2D eigenvalue weighted by Gasteiger charge is -2.22. The van der Waals surface area contributed by atoms with E-state index in [1.807, 2.05) is 13.8 Å². The van der Waals surface area contributed by atoms with Crippen LogP contribution in [-0.2, 0) is 16.0 Å². The highest BCUT2D eigenvalue weighted by Crippen LogP contribution is 2.15. The lowest BCUT2D eigenvalue weighted by Crippen LogP contribution is -2.52. The zero-order valence-electron chi connectivity index (χ0n) is 14.2. The Hall–Kier alpha value is -2.61. The van der Waals surface area contributed by atoms with Crippen LogP contribution in [0.15, 0.2) is 29.4 Å². The number of carboxylic acid groups (broad SMARTS) is 1. The van der Waals surface area contributed by atoms with Crippen molar-refractivity contribution in [1.29, 1.82) is 0 Å². The molecule has 9 nitrogen and oxygen atoms in total. The number of rotatable bonds is 9. The molecule has 0 fully saturated rings. The fourth-order valence-electron chi connectivity index (χ4n) is 2.28. The maximum atomic E-state index is 12.1. The molecule has 3 unspecified atom stereocenters. The highest BCUT2D eigenvalue weighted by molar-refractivity contribution is 5.86. The molecule has 5 N–H and O–H groups in total. The van der Waals surface area contributed by atoms with E-state index in [2.05, 4.69) is 15.3 Å². The van der Waals surface area contributed by atoms with Crippen molar-refractivity contribution in [3.05, 3.63) is 40.3 Å². The SMILES string of the molecule is CC(C)CC(NC(=O)C(O)C(N)Cc1ccc(N=[N+]=[N-])cc1)C(=O)O. The van der Waals surface area contributed by atoms with Crippen LogP contribution >= 0.6 is 0 Å². The fraction of sp³-hybridized carbons (Fsp3) is 0.500. The van der Waals surface area contributed by atoms with Crippen LogP contribution in [0.1, 0.15) is 25.8 Å². The number of nitrogens with zero attached hydrogens (tertiary/aromatic N) is 3. The van der Waals surface area contributed by atoms with Crippen molar-refractivity contribution >= 4 is 17.6 Å². The van der Waals surface area contributed by atoms with Crippen molar-refractivity contribution in [2.24, 2.45) is 16.8 Å². The Bertz CT molecular complexity index is 640. The summed E-state index contributed by atoms with van der Waals surface area (Å²) in [5.41, 5.74) is 15.4. The van der Waals surface area contributed by atoms with Crippen LogP contribution in [0.25, 0.3) is 10.4 Å². The summed E-state index contributed by atoms with van der Waals surface area (Å²) in [4.78, 5) is 25.9. The Labute approximate surface area is 145 Å². The number of carboxylic acids is 1. The Kier molecular flexibility index (Phi) is 7.87. The first kappa shape index (κ1) is 20.4. The second kappa shape index (κ2) is 9.63. The average Bonchev–Trinajstić information content (AvgIpc) is 2.54. The molecule has 0 aliphatic carbocycles.